The normalized spacial score (nSPS) is 15.0. The van der Waals surface area contributed by atoms with Gasteiger partial charge >= 0.3 is 0 Å². The Kier molecular flexibility index (Phi) is 2.97. The highest BCUT2D eigenvalue weighted by molar-refractivity contribution is 6.96. The summed E-state index contributed by atoms with van der Waals surface area (Å²) in [7, 11) is -1.58. The van der Waals surface area contributed by atoms with Crippen LogP contribution in [0, 0.1) is 6.42 Å². The monoisotopic (exact) mass is 225 g/mol. The number of hydrogen-bond acceptors (Lipinski definition) is 0. The standard InChI is InChI=1S/C15H17Si/c1-13(14-9-7-8-10-14)16(2,3)15-11-5-4-6-12-15/h4-12H,1H2,2-3H3. The summed E-state index contributed by atoms with van der Waals surface area (Å²) in [6.45, 7) is 9.02. The van der Waals surface area contributed by atoms with Crippen molar-refractivity contribution in [2.24, 2.45) is 0 Å². The van der Waals surface area contributed by atoms with Crippen molar-refractivity contribution in [3.63, 3.8) is 0 Å². The molecule has 1 aliphatic carbocycles. The van der Waals surface area contributed by atoms with E-state index in [2.05, 4.69) is 74.7 Å². The molecular weight excluding hydrogens is 208 g/mol. The summed E-state index contributed by atoms with van der Waals surface area (Å²) in [5.41, 5.74) is 1.29. The second-order valence-electron chi connectivity index (χ2n) is 4.64. The zero-order valence-electron chi connectivity index (χ0n) is 9.90. The smallest absolute Gasteiger partial charge is 0.0988 e. The van der Waals surface area contributed by atoms with Crippen LogP contribution in [0.5, 0.6) is 0 Å². The van der Waals surface area contributed by atoms with Crippen LogP contribution < -0.4 is 5.19 Å². The summed E-state index contributed by atoms with van der Waals surface area (Å²) in [5, 5.41) is 2.75. The minimum absolute atomic E-state index is 1.29. The topological polar surface area (TPSA) is 0 Å². The van der Waals surface area contributed by atoms with Crippen molar-refractivity contribution in [2.75, 3.05) is 0 Å². The number of hydrogen-bond donors (Lipinski definition) is 0. The van der Waals surface area contributed by atoms with Crippen LogP contribution in [-0.4, -0.2) is 8.07 Å². The first-order valence-electron chi connectivity index (χ1n) is 5.59. The summed E-state index contributed by atoms with van der Waals surface area (Å²) < 4.78 is 0. The van der Waals surface area contributed by atoms with Crippen molar-refractivity contribution in [1.82, 2.24) is 0 Å². The average molecular weight is 225 g/mol. The Bertz CT molecular complexity index is 450. The summed E-state index contributed by atoms with van der Waals surface area (Å²) in [6, 6.07) is 10.7. The van der Waals surface area contributed by atoms with Crippen LogP contribution in [0.4, 0.5) is 0 Å². The highest BCUT2D eigenvalue weighted by Crippen LogP contribution is 2.25. The molecule has 16 heavy (non-hydrogen) atoms. The van der Waals surface area contributed by atoms with Gasteiger partial charge in [0.25, 0.3) is 0 Å². The molecule has 0 amide bonds. The highest BCUT2D eigenvalue weighted by atomic mass is 28.3. The molecule has 1 heteroatoms. The molecule has 0 spiro atoms. The van der Waals surface area contributed by atoms with Crippen LogP contribution in [0.25, 0.3) is 0 Å². The quantitative estimate of drug-likeness (QED) is 0.692. The minimum Gasteiger partial charge on any atom is -0.0988 e. The maximum Gasteiger partial charge on any atom is 0.112 e. The molecule has 0 saturated heterocycles. The Labute approximate surface area is 99.0 Å². The zero-order valence-corrected chi connectivity index (χ0v) is 10.9. The second kappa shape index (κ2) is 4.26. The fraction of sp³-hybridized carbons (Fsp3) is 0.133. The molecule has 0 saturated carbocycles. The van der Waals surface area contributed by atoms with Gasteiger partial charge in [0, 0.05) is 6.42 Å². The Morgan fingerprint density at radius 2 is 1.81 bits per heavy atom. The Morgan fingerprint density at radius 3 is 2.38 bits per heavy atom. The van der Waals surface area contributed by atoms with Gasteiger partial charge in [-0.25, -0.2) is 0 Å². The lowest BCUT2D eigenvalue weighted by Gasteiger charge is -2.26. The molecule has 0 bridgehead atoms. The molecule has 1 aromatic rings. The van der Waals surface area contributed by atoms with E-state index in [0.29, 0.717) is 0 Å². The second-order valence-corrected chi connectivity index (χ2v) is 9.07. The first-order chi connectivity index (χ1) is 7.62. The van der Waals surface area contributed by atoms with Crippen molar-refractivity contribution >= 4 is 13.3 Å². The molecule has 0 heterocycles. The Balaban J connectivity index is 2.32. The third-order valence-electron chi connectivity index (χ3n) is 3.26. The van der Waals surface area contributed by atoms with E-state index in [9.17, 15) is 0 Å². The lowest BCUT2D eigenvalue weighted by Crippen LogP contribution is -2.43. The van der Waals surface area contributed by atoms with Crippen LogP contribution in [0.3, 0.4) is 0 Å². The molecule has 2 rings (SSSR count). The lowest BCUT2D eigenvalue weighted by atomic mass is 10.3. The zero-order chi connectivity index (χ0) is 11.6. The van der Waals surface area contributed by atoms with Gasteiger partial charge in [-0.15, -0.1) is 0 Å². The SMILES string of the molecule is C=C(C1=C[CH]C=C1)[Si](C)(C)c1ccccc1. The van der Waals surface area contributed by atoms with E-state index in [-0.39, 0.29) is 0 Å². The largest absolute Gasteiger partial charge is 0.112 e. The van der Waals surface area contributed by atoms with Crippen LogP contribution in [0.1, 0.15) is 0 Å². The summed E-state index contributed by atoms with van der Waals surface area (Å²) in [6.07, 6.45) is 8.46. The Hall–Kier alpha value is -1.34. The fourth-order valence-electron chi connectivity index (χ4n) is 1.97. The van der Waals surface area contributed by atoms with Crippen molar-refractivity contribution in [1.29, 1.82) is 0 Å². The average Bonchev–Trinajstić information content (AvgIpc) is 2.82. The summed E-state index contributed by atoms with van der Waals surface area (Å²) in [4.78, 5) is 0. The molecule has 0 atom stereocenters. The highest BCUT2D eigenvalue weighted by Gasteiger charge is 2.28. The van der Waals surface area contributed by atoms with Gasteiger partial charge in [0.2, 0.25) is 0 Å². The van der Waals surface area contributed by atoms with E-state index >= 15 is 0 Å². The molecule has 0 fully saturated rings. The van der Waals surface area contributed by atoms with Gasteiger partial charge in [0.1, 0.15) is 8.07 Å². The number of allylic oxidation sites excluding steroid dienone is 5. The predicted molar refractivity (Wildman–Crippen MR) is 74.2 cm³/mol. The molecule has 1 aliphatic rings. The van der Waals surface area contributed by atoms with E-state index < -0.39 is 8.07 Å². The summed E-state index contributed by atoms with van der Waals surface area (Å²) >= 11 is 0. The molecule has 0 nitrogen and oxygen atoms in total. The van der Waals surface area contributed by atoms with E-state index in [4.69, 9.17) is 0 Å². The third kappa shape index (κ3) is 1.96. The van der Waals surface area contributed by atoms with Gasteiger partial charge in [-0.2, -0.15) is 0 Å². The van der Waals surface area contributed by atoms with Crippen molar-refractivity contribution < 1.29 is 0 Å². The van der Waals surface area contributed by atoms with Crippen LogP contribution in [0.2, 0.25) is 13.1 Å². The van der Waals surface area contributed by atoms with Gasteiger partial charge in [-0.05, 0) is 5.57 Å². The van der Waals surface area contributed by atoms with Crippen LogP contribution in [-0.2, 0) is 0 Å². The van der Waals surface area contributed by atoms with E-state index in [1.54, 1.807) is 0 Å². The van der Waals surface area contributed by atoms with E-state index in [0.717, 1.165) is 0 Å². The summed E-state index contributed by atoms with van der Waals surface area (Å²) in [5.74, 6) is 0. The van der Waals surface area contributed by atoms with Gasteiger partial charge in [0.05, 0.1) is 0 Å². The van der Waals surface area contributed by atoms with Crippen LogP contribution in [0.15, 0.2) is 65.9 Å². The molecular formula is C15H17Si. The molecule has 0 aliphatic heterocycles. The maximum absolute atomic E-state index is 4.31. The van der Waals surface area contributed by atoms with Crippen LogP contribution >= 0.6 is 0 Å². The van der Waals surface area contributed by atoms with Gasteiger partial charge in [-0.1, -0.05) is 78.6 Å². The Morgan fingerprint density at radius 1 is 1.12 bits per heavy atom. The molecule has 81 valence electrons. The predicted octanol–water partition coefficient (Wildman–Crippen LogP) is 3.40. The van der Waals surface area contributed by atoms with Crippen molar-refractivity contribution in [2.45, 2.75) is 13.1 Å². The van der Waals surface area contributed by atoms with Gasteiger partial charge in [-0.3, -0.25) is 0 Å². The van der Waals surface area contributed by atoms with E-state index in [1.807, 2.05) is 0 Å². The van der Waals surface area contributed by atoms with Crippen molar-refractivity contribution in [3.8, 4) is 0 Å². The maximum atomic E-state index is 4.31. The molecule has 1 aromatic carbocycles. The minimum atomic E-state index is -1.58. The first-order valence-corrected chi connectivity index (χ1v) is 8.59. The van der Waals surface area contributed by atoms with Crippen molar-refractivity contribution in [3.05, 3.63) is 72.3 Å². The first kappa shape index (κ1) is 11.2. The molecule has 0 aromatic heterocycles. The van der Waals surface area contributed by atoms with Gasteiger partial charge < -0.3 is 0 Å². The van der Waals surface area contributed by atoms with Gasteiger partial charge in [0.15, 0.2) is 0 Å². The molecule has 0 N–H and O–H groups in total. The number of rotatable bonds is 3. The third-order valence-corrected chi connectivity index (χ3v) is 6.84. The van der Waals surface area contributed by atoms with E-state index in [1.165, 1.54) is 16.0 Å². The molecule has 0 unspecified atom stereocenters. The lowest BCUT2D eigenvalue weighted by molar-refractivity contribution is 1.60. The fourth-order valence-corrected chi connectivity index (χ4v) is 4.23. The molecule has 1 radical (unpaired) electrons. The number of benzene rings is 1.